The van der Waals surface area contributed by atoms with Crippen molar-refractivity contribution < 1.29 is 0 Å². The summed E-state index contributed by atoms with van der Waals surface area (Å²) in [7, 11) is 4.13. The van der Waals surface area contributed by atoms with Crippen LogP contribution in [0.1, 0.15) is 32.0 Å². The van der Waals surface area contributed by atoms with Crippen LogP contribution in [0.5, 0.6) is 0 Å². The second-order valence-electron chi connectivity index (χ2n) is 5.18. The van der Waals surface area contributed by atoms with Crippen LogP contribution >= 0.6 is 27.7 Å². The number of nitrogens with zero attached hydrogens (tertiary/aromatic N) is 3. The molecule has 0 spiro atoms. The maximum atomic E-state index is 5.75. The highest BCUT2D eigenvalue weighted by Gasteiger charge is 2.20. The van der Waals surface area contributed by atoms with Gasteiger partial charge in [0.05, 0.1) is 29.0 Å². The molecule has 0 fully saturated rings. The summed E-state index contributed by atoms with van der Waals surface area (Å²) < 4.78 is 3.05. The lowest BCUT2D eigenvalue weighted by atomic mass is 10.2. The second-order valence-corrected chi connectivity index (χ2v) is 7.50. The summed E-state index contributed by atoms with van der Waals surface area (Å²) in [5.74, 6) is 6.69. The molecule has 1 rings (SSSR count). The van der Waals surface area contributed by atoms with Crippen LogP contribution in [-0.2, 0) is 6.54 Å². The number of thioether (sulfide) groups is 1. The summed E-state index contributed by atoms with van der Waals surface area (Å²) in [6.45, 7) is 6.27. The molecule has 0 saturated heterocycles. The highest BCUT2D eigenvalue weighted by Crippen LogP contribution is 2.27. The first-order chi connectivity index (χ1) is 9.49. The Balaban J connectivity index is 2.77. The average molecular weight is 364 g/mol. The zero-order valence-electron chi connectivity index (χ0n) is 12.8. The van der Waals surface area contributed by atoms with Crippen molar-refractivity contribution in [2.24, 2.45) is 5.84 Å². The number of nitrogens with one attached hydrogen (secondary N) is 1. The Labute approximate surface area is 134 Å². The van der Waals surface area contributed by atoms with Crippen molar-refractivity contribution in [3.8, 4) is 0 Å². The van der Waals surface area contributed by atoms with Gasteiger partial charge in [0.25, 0.3) is 0 Å². The minimum absolute atomic E-state index is 0.105. The predicted octanol–water partition coefficient (Wildman–Crippen LogP) is 2.24. The number of hydrogen-bond acceptors (Lipinski definition) is 5. The smallest absolute Gasteiger partial charge is 0.0730 e. The van der Waals surface area contributed by atoms with Crippen molar-refractivity contribution in [1.82, 2.24) is 20.1 Å². The molecule has 116 valence electrons. The van der Waals surface area contributed by atoms with Crippen LogP contribution in [0, 0.1) is 0 Å². The van der Waals surface area contributed by atoms with E-state index in [1.807, 2.05) is 22.6 Å². The van der Waals surface area contributed by atoms with E-state index in [9.17, 15) is 0 Å². The lowest BCUT2D eigenvalue weighted by molar-refractivity contribution is 0.364. The molecule has 1 aromatic heterocycles. The molecule has 5 nitrogen and oxygen atoms in total. The van der Waals surface area contributed by atoms with Gasteiger partial charge in [0.15, 0.2) is 0 Å². The van der Waals surface area contributed by atoms with E-state index in [1.54, 1.807) is 0 Å². The zero-order chi connectivity index (χ0) is 15.1. The SMILES string of the molecule is CCC(C)SCC(NN)c1c(Br)cnn1CCN(C)C. The monoisotopic (exact) mass is 363 g/mol. The van der Waals surface area contributed by atoms with Gasteiger partial charge in [-0.25, -0.2) is 0 Å². The van der Waals surface area contributed by atoms with Gasteiger partial charge >= 0.3 is 0 Å². The summed E-state index contributed by atoms with van der Waals surface area (Å²) in [5, 5.41) is 5.08. The molecule has 0 saturated carbocycles. The quantitative estimate of drug-likeness (QED) is 0.520. The van der Waals surface area contributed by atoms with E-state index >= 15 is 0 Å². The van der Waals surface area contributed by atoms with Crippen LogP contribution in [0.15, 0.2) is 10.7 Å². The molecule has 0 aromatic carbocycles. The lowest BCUT2D eigenvalue weighted by Gasteiger charge is -2.20. The van der Waals surface area contributed by atoms with Crippen LogP contribution in [0.4, 0.5) is 0 Å². The number of hydrogen-bond donors (Lipinski definition) is 2. The van der Waals surface area contributed by atoms with Gasteiger partial charge in [-0.2, -0.15) is 16.9 Å². The third-order valence-corrected chi connectivity index (χ3v) is 5.28. The van der Waals surface area contributed by atoms with Gasteiger partial charge in [-0.3, -0.25) is 16.0 Å². The molecular formula is C13H26BrN5S. The minimum atomic E-state index is 0.105. The Kier molecular flexibility index (Phi) is 8.13. The number of likely N-dealkylation sites (N-methyl/N-ethyl adjacent to an activating group) is 1. The topological polar surface area (TPSA) is 59.1 Å². The normalized spacial score (nSPS) is 14.8. The van der Waals surface area contributed by atoms with Crippen molar-refractivity contribution in [3.05, 3.63) is 16.4 Å². The molecule has 0 aliphatic carbocycles. The number of hydrazine groups is 1. The zero-order valence-corrected chi connectivity index (χ0v) is 15.2. The van der Waals surface area contributed by atoms with Gasteiger partial charge in [-0.1, -0.05) is 13.8 Å². The summed E-state index contributed by atoms with van der Waals surface area (Å²) in [6, 6.07) is 0.105. The summed E-state index contributed by atoms with van der Waals surface area (Å²) in [4.78, 5) is 2.15. The van der Waals surface area contributed by atoms with Crippen LogP contribution in [0.25, 0.3) is 0 Å². The highest BCUT2D eigenvalue weighted by atomic mass is 79.9. The van der Waals surface area contributed by atoms with E-state index in [-0.39, 0.29) is 6.04 Å². The highest BCUT2D eigenvalue weighted by molar-refractivity contribution is 9.10. The molecule has 3 N–H and O–H groups in total. The first kappa shape index (κ1) is 18.0. The predicted molar refractivity (Wildman–Crippen MR) is 90.8 cm³/mol. The number of rotatable bonds is 9. The molecule has 0 aliphatic heterocycles. The van der Waals surface area contributed by atoms with Gasteiger partial charge in [0.1, 0.15) is 0 Å². The molecule has 1 heterocycles. The van der Waals surface area contributed by atoms with Gasteiger partial charge in [-0.05, 0) is 36.4 Å². The molecule has 20 heavy (non-hydrogen) atoms. The fourth-order valence-electron chi connectivity index (χ4n) is 1.78. The van der Waals surface area contributed by atoms with Crippen molar-refractivity contribution >= 4 is 27.7 Å². The van der Waals surface area contributed by atoms with E-state index in [1.165, 1.54) is 6.42 Å². The number of halogens is 1. The molecule has 1 aromatic rings. The third-order valence-electron chi connectivity index (χ3n) is 3.25. The molecule has 0 bridgehead atoms. The maximum Gasteiger partial charge on any atom is 0.0730 e. The van der Waals surface area contributed by atoms with Crippen molar-refractivity contribution in [1.29, 1.82) is 0 Å². The first-order valence-electron chi connectivity index (χ1n) is 6.93. The summed E-state index contributed by atoms with van der Waals surface area (Å²) >= 11 is 5.52. The van der Waals surface area contributed by atoms with Crippen LogP contribution in [0.3, 0.4) is 0 Å². The fourth-order valence-corrected chi connectivity index (χ4v) is 3.36. The molecule has 0 aliphatic rings. The van der Waals surface area contributed by atoms with E-state index in [4.69, 9.17) is 5.84 Å². The molecule has 0 amide bonds. The minimum Gasteiger partial charge on any atom is -0.308 e. The van der Waals surface area contributed by atoms with E-state index in [2.05, 4.69) is 59.3 Å². The fraction of sp³-hybridized carbons (Fsp3) is 0.769. The van der Waals surface area contributed by atoms with Crippen molar-refractivity contribution in [2.45, 2.75) is 38.1 Å². The molecule has 0 radical (unpaired) electrons. The lowest BCUT2D eigenvalue weighted by Crippen LogP contribution is -2.33. The molecule has 2 atom stereocenters. The molecular weight excluding hydrogens is 338 g/mol. The Bertz CT molecular complexity index is 396. The van der Waals surface area contributed by atoms with Crippen LogP contribution < -0.4 is 11.3 Å². The third kappa shape index (κ3) is 5.37. The Hall–Kier alpha value is -0.0800. The van der Waals surface area contributed by atoms with Gasteiger partial charge in [-0.15, -0.1) is 0 Å². The van der Waals surface area contributed by atoms with E-state index < -0.39 is 0 Å². The van der Waals surface area contributed by atoms with Crippen LogP contribution in [0.2, 0.25) is 0 Å². The molecule has 2 unspecified atom stereocenters. The second kappa shape index (κ2) is 9.04. The van der Waals surface area contributed by atoms with Gasteiger partial charge in [0.2, 0.25) is 0 Å². The standard InChI is InChI=1S/C13H26BrN5S/c1-5-10(2)20-9-12(17-15)13-11(14)8-16-19(13)7-6-18(3)4/h8,10,12,17H,5-7,9,15H2,1-4H3. The Morgan fingerprint density at radius 1 is 1.55 bits per heavy atom. The largest absolute Gasteiger partial charge is 0.308 e. The van der Waals surface area contributed by atoms with Gasteiger partial charge < -0.3 is 4.90 Å². The van der Waals surface area contributed by atoms with Crippen molar-refractivity contribution in [2.75, 3.05) is 26.4 Å². The number of nitrogens with two attached hydrogens (primary N) is 1. The average Bonchev–Trinajstić information content (AvgIpc) is 2.78. The summed E-state index contributed by atoms with van der Waals surface area (Å²) in [5.41, 5.74) is 4.06. The van der Waals surface area contributed by atoms with E-state index in [0.29, 0.717) is 5.25 Å². The van der Waals surface area contributed by atoms with Crippen LogP contribution in [-0.4, -0.2) is 46.3 Å². The van der Waals surface area contributed by atoms with Gasteiger partial charge in [0, 0.05) is 17.5 Å². The number of aromatic nitrogens is 2. The Morgan fingerprint density at radius 3 is 2.80 bits per heavy atom. The first-order valence-corrected chi connectivity index (χ1v) is 8.77. The van der Waals surface area contributed by atoms with E-state index in [0.717, 1.165) is 29.0 Å². The Morgan fingerprint density at radius 2 is 2.25 bits per heavy atom. The van der Waals surface area contributed by atoms with Crippen molar-refractivity contribution in [3.63, 3.8) is 0 Å². The molecule has 7 heteroatoms. The maximum absolute atomic E-state index is 5.75. The summed E-state index contributed by atoms with van der Waals surface area (Å²) in [6.07, 6.45) is 3.02.